The molecule has 0 unspecified atom stereocenters. The highest BCUT2D eigenvalue weighted by molar-refractivity contribution is 7.98. The fourth-order valence-electron chi connectivity index (χ4n) is 2.45. The first kappa shape index (κ1) is 15.2. The van der Waals surface area contributed by atoms with E-state index < -0.39 is 0 Å². The molecule has 1 aliphatic rings. The van der Waals surface area contributed by atoms with Crippen molar-refractivity contribution < 1.29 is 0 Å². The zero-order valence-corrected chi connectivity index (χ0v) is 14.9. The molecule has 0 saturated heterocycles. The summed E-state index contributed by atoms with van der Waals surface area (Å²) in [7, 11) is 0. The van der Waals surface area contributed by atoms with Crippen LogP contribution in [-0.4, -0.2) is 14.5 Å². The van der Waals surface area contributed by atoms with Gasteiger partial charge in [-0.1, -0.05) is 35.5 Å². The molecule has 1 fully saturated rings. The monoisotopic (exact) mass is 361 g/mol. The molecule has 2 aromatic heterocycles. The summed E-state index contributed by atoms with van der Waals surface area (Å²) < 4.78 is 2.30. The van der Waals surface area contributed by atoms with Crippen LogP contribution in [0.5, 0.6) is 0 Å². The van der Waals surface area contributed by atoms with Crippen LogP contribution in [0.15, 0.2) is 47.2 Å². The van der Waals surface area contributed by atoms with Crippen LogP contribution in [0.3, 0.4) is 0 Å². The minimum Gasteiger partial charge on any atom is -0.323 e. The van der Waals surface area contributed by atoms with Gasteiger partial charge in [0, 0.05) is 41.0 Å². The van der Waals surface area contributed by atoms with Crippen LogP contribution in [0.25, 0.3) is 0 Å². The highest BCUT2D eigenvalue weighted by atomic mass is 35.5. The third-order valence-electron chi connectivity index (χ3n) is 3.79. The van der Waals surface area contributed by atoms with E-state index in [1.807, 2.05) is 18.3 Å². The zero-order chi connectivity index (χ0) is 15.6. The molecular formula is C17H16ClN3S2. The average Bonchev–Trinajstić information content (AvgIpc) is 3.12. The van der Waals surface area contributed by atoms with Crippen LogP contribution in [0.4, 0.5) is 0 Å². The first-order chi connectivity index (χ1) is 11.3. The van der Waals surface area contributed by atoms with Crippen LogP contribution < -0.4 is 0 Å². The lowest BCUT2D eigenvalue weighted by Gasteiger charge is -2.04. The van der Waals surface area contributed by atoms with Crippen molar-refractivity contribution in [3.8, 4) is 0 Å². The molecule has 1 aromatic carbocycles. The van der Waals surface area contributed by atoms with Gasteiger partial charge in [-0.2, -0.15) is 0 Å². The van der Waals surface area contributed by atoms with E-state index in [2.05, 4.69) is 33.3 Å². The number of hydrogen-bond acceptors (Lipinski definition) is 4. The molecule has 0 N–H and O–H groups in total. The smallest absolute Gasteiger partial charge is 0.168 e. The van der Waals surface area contributed by atoms with Gasteiger partial charge in [-0.25, -0.2) is 9.97 Å². The maximum Gasteiger partial charge on any atom is 0.168 e. The second-order valence-corrected chi connectivity index (χ2v) is 7.99. The molecule has 0 atom stereocenters. The molecule has 23 heavy (non-hydrogen) atoms. The lowest BCUT2D eigenvalue weighted by molar-refractivity contribution is 0.663. The molecule has 0 aliphatic heterocycles. The fraction of sp³-hybridized carbons (Fsp3) is 0.294. The molecule has 6 heteroatoms. The molecule has 3 aromatic rings. The molecule has 2 heterocycles. The molecule has 3 nitrogen and oxygen atoms in total. The number of aromatic nitrogens is 3. The minimum atomic E-state index is 0.677. The van der Waals surface area contributed by atoms with Crippen molar-refractivity contribution in [1.82, 2.24) is 14.5 Å². The summed E-state index contributed by atoms with van der Waals surface area (Å²) >= 11 is 9.42. The fourth-order valence-corrected chi connectivity index (χ4v) is 4.43. The Hall–Kier alpha value is -1.30. The Kier molecular flexibility index (Phi) is 4.42. The summed E-state index contributed by atoms with van der Waals surface area (Å²) in [5.74, 6) is 0.876. The largest absolute Gasteiger partial charge is 0.323 e. The Labute approximate surface area is 148 Å². The average molecular weight is 362 g/mol. The number of thioether (sulfide) groups is 1. The van der Waals surface area contributed by atoms with E-state index in [0.29, 0.717) is 6.04 Å². The van der Waals surface area contributed by atoms with Gasteiger partial charge in [-0.15, -0.1) is 11.3 Å². The molecule has 0 spiro atoms. The first-order valence-corrected chi connectivity index (χ1v) is 9.85. The molecule has 1 aliphatic carbocycles. The van der Waals surface area contributed by atoms with Crippen molar-refractivity contribution in [2.45, 2.75) is 36.2 Å². The normalized spacial score (nSPS) is 14.3. The van der Waals surface area contributed by atoms with Crippen molar-refractivity contribution in [2.75, 3.05) is 0 Å². The van der Waals surface area contributed by atoms with Gasteiger partial charge in [0.05, 0.1) is 10.7 Å². The molecular weight excluding hydrogens is 346 g/mol. The molecule has 0 amide bonds. The van der Waals surface area contributed by atoms with Crippen molar-refractivity contribution >= 4 is 34.7 Å². The second-order valence-electron chi connectivity index (χ2n) is 5.67. The van der Waals surface area contributed by atoms with Crippen LogP contribution in [0.1, 0.15) is 35.1 Å². The van der Waals surface area contributed by atoms with E-state index in [4.69, 9.17) is 16.6 Å². The summed E-state index contributed by atoms with van der Waals surface area (Å²) in [5.41, 5.74) is 2.38. The summed E-state index contributed by atoms with van der Waals surface area (Å²) in [6, 6.07) is 8.66. The maximum atomic E-state index is 5.92. The lowest BCUT2D eigenvalue weighted by atomic mass is 10.2. The SMILES string of the molecule is Clc1ccc(Cc2nc(CSc3nccn3C3CC3)cs2)cc1. The van der Waals surface area contributed by atoms with E-state index in [1.54, 1.807) is 23.1 Å². The number of hydrogen-bond donors (Lipinski definition) is 0. The van der Waals surface area contributed by atoms with Crippen molar-refractivity contribution in [3.63, 3.8) is 0 Å². The zero-order valence-electron chi connectivity index (χ0n) is 12.5. The van der Waals surface area contributed by atoms with E-state index >= 15 is 0 Å². The van der Waals surface area contributed by atoms with Gasteiger partial charge in [0.1, 0.15) is 0 Å². The van der Waals surface area contributed by atoms with Gasteiger partial charge in [-0.05, 0) is 30.5 Å². The van der Waals surface area contributed by atoms with Gasteiger partial charge in [0.25, 0.3) is 0 Å². The van der Waals surface area contributed by atoms with E-state index in [-0.39, 0.29) is 0 Å². The Morgan fingerprint density at radius 1 is 1.26 bits per heavy atom. The summed E-state index contributed by atoms with van der Waals surface area (Å²) in [6.45, 7) is 0. The summed E-state index contributed by atoms with van der Waals surface area (Å²) in [4.78, 5) is 9.21. The molecule has 4 rings (SSSR count). The van der Waals surface area contributed by atoms with Crippen LogP contribution in [0, 0.1) is 0 Å². The van der Waals surface area contributed by atoms with Gasteiger partial charge in [-0.3, -0.25) is 0 Å². The molecule has 0 bridgehead atoms. The van der Waals surface area contributed by atoms with Crippen molar-refractivity contribution in [3.05, 3.63) is 63.3 Å². The number of thiazole rings is 1. The second kappa shape index (κ2) is 6.67. The number of nitrogens with zero attached hydrogens (tertiary/aromatic N) is 3. The topological polar surface area (TPSA) is 30.7 Å². The third-order valence-corrected chi connectivity index (χ3v) is 5.95. The molecule has 118 valence electrons. The quantitative estimate of drug-likeness (QED) is 0.564. The summed E-state index contributed by atoms with van der Waals surface area (Å²) in [5, 5.41) is 5.19. The van der Waals surface area contributed by atoms with Crippen LogP contribution in [0.2, 0.25) is 5.02 Å². The Morgan fingerprint density at radius 3 is 2.87 bits per heavy atom. The standard InChI is InChI=1S/C17H16ClN3S2/c18-13-3-1-12(2-4-13)9-16-20-14(10-22-16)11-23-17-19-7-8-21(17)15-5-6-15/h1-4,7-8,10,15H,5-6,9,11H2. The summed E-state index contributed by atoms with van der Waals surface area (Å²) in [6.07, 6.45) is 7.42. The van der Waals surface area contributed by atoms with E-state index in [9.17, 15) is 0 Å². The molecule has 1 saturated carbocycles. The predicted molar refractivity (Wildman–Crippen MR) is 96.4 cm³/mol. The number of rotatable bonds is 6. The third kappa shape index (κ3) is 3.79. The lowest BCUT2D eigenvalue weighted by Crippen LogP contribution is -1.95. The van der Waals surface area contributed by atoms with E-state index in [1.165, 1.54) is 18.4 Å². The van der Waals surface area contributed by atoms with Crippen LogP contribution in [-0.2, 0) is 12.2 Å². The number of benzene rings is 1. The minimum absolute atomic E-state index is 0.677. The van der Waals surface area contributed by atoms with Gasteiger partial charge >= 0.3 is 0 Å². The van der Waals surface area contributed by atoms with Gasteiger partial charge in [0.2, 0.25) is 0 Å². The molecule has 0 radical (unpaired) electrons. The van der Waals surface area contributed by atoms with Gasteiger partial charge < -0.3 is 4.57 Å². The number of imidazole rings is 1. The van der Waals surface area contributed by atoms with Crippen LogP contribution >= 0.6 is 34.7 Å². The Morgan fingerprint density at radius 2 is 2.09 bits per heavy atom. The van der Waals surface area contributed by atoms with Crippen molar-refractivity contribution in [2.24, 2.45) is 0 Å². The van der Waals surface area contributed by atoms with Gasteiger partial charge in [0.15, 0.2) is 5.16 Å². The van der Waals surface area contributed by atoms with E-state index in [0.717, 1.165) is 33.1 Å². The number of halogens is 1. The Bertz CT molecular complexity index is 790. The highest BCUT2D eigenvalue weighted by Crippen LogP contribution is 2.38. The van der Waals surface area contributed by atoms with Crippen molar-refractivity contribution in [1.29, 1.82) is 0 Å². The Balaban J connectivity index is 1.38. The first-order valence-electron chi connectivity index (χ1n) is 7.61. The highest BCUT2D eigenvalue weighted by Gasteiger charge is 2.25. The predicted octanol–water partition coefficient (Wildman–Crippen LogP) is 5.21. The maximum absolute atomic E-state index is 5.92.